The minimum atomic E-state index is 0.730. The number of anilines is 1. The van der Waals surface area contributed by atoms with Crippen molar-refractivity contribution in [2.24, 2.45) is 0 Å². The van der Waals surface area contributed by atoms with Gasteiger partial charge in [0.15, 0.2) is 0 Å². The van der Waals surface area contributed by atoms with Crippen LogP contribution in [0.5, 0.6) is 5.88 Å². The average molecular weight is 321 g/mol. The Balaban J connectivity index is 1.57. The van der Waals surface area contributed by atoms with E-state index in [0.717, 1.165) is 52.0 Å². The zero-order valence-electron chi connectivity index (χ0n) is 11.1. The first-order chi connectivity index (χ1) is 10.3. The zero-order chi connectivity index (χ0) is 14.2. The van der Waals surface area contributed by atoms with E-state index in [2.05, 4.69) is 14.8 Å². The lowest BCUT2D eigenvalue weighted by Crippen LogP contribution is -2.15. The Morgan fingerprint density at radius 2 is 2.38 bits per heavy atom. The zero-order valence-corrected chi connectivity index (χ0v) is 12.7. The van der Waals surface area contributed by atoms with Gasteiger partial charge in [-0.2, -0.15) is 5.10 Å². The molecule has 3 heterocycles. The molecule has 2 N–H and O–H groups in total. The predicted octanol–water partition coefficient (Wildman–Crippen LogP) is 3.92. The highest BCUT2D eigenvalue weighted by Gasteiger charge is 2.16. The second-order valence-electron chi connectivity index (χ2n) is 4.84. The number of rotatable bonds is 3. The van der Waals surface area contributed by atoms with Gasteiger partial charge in [0.2, 0.25) is 5.88 Å². The van der Waals surface area contributed by atoms with Crippen molar-refractivity contribution in [3.05, 3.63) is 35.6 Å². The fraction of sp³-hybridized carbons (Fsp3) is 0.214. The number of ether oxygens (including phenoxy) is 1. The maximum absolute atomic E-state index is 6.00. The highest BCUT2D eigenvalue weighted by atomic mass is 35.5. The maximum atomic E-state index is 6.00. The lowest BCUT2D eigenvalue weighted by atomic mass is 10.2. The number of aryl methyl sites for hydroxylation is 1. The third-order valence-electron chi connectivity index (χ3n) is 3.42. The quantitative estimate of drug-likeness (QED) is 0.718. The van der Waals surface area contributed by atoms with Gasteiger partial charge in [0.25, 0.3) is 0 Å². The fourth-order valence-corrected chi connectivity index (χ4v) is 3.34. The van der Waals surface area contributed by atoms with E-state index >= 15 is 0 Å². The number of hydrogen-bond donors (Lipinski definition) is 2. The van der Waals surface area contributed by atoms with Crippen molar-refractivity contribution in [3.8, 4) is 5.88 Å². The van der Waals surface area contributed by atoms with Crippen LogP contribution < -0.4 is 9.46 Å². The molecular weight excluding hydrogens is 308 g/mol. The summed E-state index contributed by atoms with van der Waals surface area (Å²) in [6, 6.07) is 5.83. The molecule has 0 radical (unpaired) electrons. The van der Waals surface area contributed by atoms with Crippen LogP contribution in [-0.2, 0) is 6.54 Å². The van der Waals surface area contributed by atoms with Crippen molar-refractivity contribution in [1.82, 2.24) is 14.8 Å². The number of halogens is 1. The summed E-state index contributed by atoms with van der Waals surface area (Å²) in [5, 5.41) is 6.19. The minimum absolute atomic E-state index is 0.730. The first-order valence-electron chi connectivity index (χ1n) is 6.69. The number of nitrogens with zero attached hydrogens (tertiary/aromatic N) is 2. The molecule has 0 saturated carbocycles. The van der Waals surface area contributed by atoms with Gasteiger partial charge in [-0.1, -0.05) is 17.7 Å². The Kier molecular flexibility index (Phi) is 3.20. The van der Waals surface area contributed by atoms with Gasteiger partial charge in [0.05, 0.1) is 17.7 Å². The molecule has 4 rings (SSSR count). The largest absolute Gasteiger partial charge is 0.476 e. The molecule has 0 atom stereocenters. The first kappa shape index (κ1) is 12.9. The number of fused-ring (bicyclic) bond motifs is 2. The summed E-state index contributed by atoms with van der Waals surface area (Å²) in [6.45, 7) is 1.66. The van der Waals surface area contributed by atoms with Crippen LogP contribution in [0.2, 0.25) is 5.02 Å². The van der Waals surface area contributed by atoms with Crippen LogP contribution in [0.25, 0.3) is 10.9 Å². The summed E-state index contributed by atoms with van der Waals surface area (Å²) in [5.74, 6) is 0.816. The van der Waals surface area contributed by atoms with E-state index < -0.39 is 0 Å². The molecule has 21 heavy (non-hydrogen) atoms. The molecule has 0 spiro atoms. The monoisotopic (exact) mass is 320 g/mol. The van der Waals surface area contributed by atoms with Crippen LogP contribution in [0.1, 0.15) is 6.42 Å². The molecule has 3 aromatic rings. The lowest BCUT2D eigenvalue weighted by molar-refractivity contribution is 0.232. The van der Waals surface area contributed by atoms with Crippen LogP contribution in [0, 0.1) is 0 Å². The van der Waals surface area contributed by atoms with Gasteiger partial charge in [-0.05, 0) is 24.1 Å². The van der Waals surface area contributed by atoms with Crippen LogP contribution >= 0.6 is 23.5 Å². The van der Waals surface area contributed by atoms with Crippen LogP contribution in [0.15, 0.2) is 35.5 Å². The molecule has 0 saturated heterocycles. The van der Waals surface area contributed by atoms with Crippen molar-refractivity contribution >= 4 is 40.1 Å². The molecule has 0 bridgehead atoms. The number of benzene rings is 1. The number of aromatic amines is 1. The topological polar surface area (TPSA) is 54.9 Å². The molecule has 0 aliphatic carbocycles. The number of H-pyrrole nitrogens is 1. The standard InChI is InChI=1S/C14H13ClN4OS/c15-9-2-3-10-11(6-9)16-8-13(10)21-18-12-7-17-19-4-1-5-20-14(12)19/h2-3,6-8,16,18H,1,4-5H2. The molecule has 0 unspecified atom stereocenters. The molecule has 5 nitrogen and oxygen atoms in total. The van der Waals surface area contributed by atoms with Crippen LogP contribution in [0.3, 0.4) is 0 Å². The molecule has 1 aliphatic heterocycles. The van der Waals surface area contributed by atoms with Gasteiger partial charge in [-0.3, -0.25) is 0 Å². The summed E-state index contributed by atoms with van der Waals surface area (Å²) in [6.07, 6.45) is 4.78. The van der Waals surface area contributed by atoms with Crippen molar-refractivity contribution in [1.29, 1.82) is 0 Å². The van der Waals surface area contributed by atoms with Gasteiger partial charge in [-0.25, -0.2) is 4.68 Å². The van der Waals surface area contributed by atoms with Gasteiger partial charge in [-0.15, -0.1) is 0 Å². The Labute approximate surface area is 130 Å². The van der Waals surface area contributed by atoms with Crippen molar-refractivity contribution in [2.45, 2.75) is 17.9 Å². The van der Waals surface area contributed by atoms with Gasteiger partial charge >= 0.3 is 0 Å². The highest BCUT2D eigenvalue weighted by molar-refractivity contribution is 8.00. The molecule has 0 fully saturated rings. The van der Waals surface area contributed by atoms with Gasteiger partial charge in [0, 0.05) is 35.1 Å². The summed E-state index contributed by atoms with van der Waals surface area (Å²) >= 11 is 7.53. The highest BCUT2D eigenvalue weighted by Crippen LogP contribution is 2.34. The van der Waals surface area contributed by atoms with E-state index in [0.29, 0.717) is 0 Å². The number of hydrogen-bond acceptors (Lipinski definition) is 4. The molecule has 2 aromatic heterocycles. The van der Waals surface area contributed by atoms with E-state index in [1.165, 1.54) is 11.9 Å². The van der Waals surface area contributed by atoms with Crippen molar-refractivity contribution < 1.29 is 4.74 Å². The minimum Gasteiger partial charge on any atom is -0.476 e. The van der Waals surface area contributed by atoms with Crippen LogP contribution in [0.4, 0.5) is 5.69 Å². The van der Waals surface area contributed by atoms with Gasteiger partial charge in [0.1, 0.15) is 5.69 Å². The molecule has 0 amide bonds. The summed E-state index contributed by atoms with van der Waals surface area (Å²) < 4.78 is 10.9. The van der Waals surface area contributed by atoms with E-state index in [4.69, 9.17) is 16.3 Å². The smallest absolute Gasteiger partial charge is 0.236 e. The summed E-state index contributed by atoms with van der Waals surface area (Å²) in [7, 11) is 0. The number of aromatic nitrogens is 3. The SMILES string of the molecule is Clc1ccc2c(SNc3cnn4c3OCCC4)c[nH]c2c1. The normalized spacial score (nSPS) is 14.0. The molecule has 7 heteroatoms. The summed E-state index contributed by atoms with van der Waals surface area (Å²) in [4.78, 5) is 4.33. The second-order valence-corrected chi connectivity index (χ2v) is 6.12. The Morgan fingerprint density at radius 1 is 1.43 bits per heavy atom. The Morgan fingerprint density at radius 3 is 3.33 bits per heavy atom. The molecule has 1 aromatic carbocycles. The van der Waals surface area contributed by atoms with E-state index in [1.807, 2.05) is 29.1 Å². The predicted molar refractivity (Wildman–Crippen MR) is 85.1 cm³/mol. The van der Waals surface area contributed by atoms with Crippen molar-refractivity contribution in [2.75, 3.05) is 11.3 Å². The van der Waals surface area contributed by atoms with Gasteiger partial charge < -0.3 is 14.4 Å². The second kappa shape index (κ2) is 5.20. The molecule has 108 valence electrons. The third kappa shape index (κ3) is 2.34. The first-order valence-corrected chi connectivity index (χ1v) is 7.89. The average Bonchev–Trinajstić information content (AvgIpc) is 3.08. The van der Waals surface area contributed by atoms with Crippen LogP contribution in [-0.4, -0.2) is 21.4 Å². The summed E-state index contributed by atoms with van der Waals surface area (Å²) in [5.41, 5.74) is 1.93. The number of nitrogens with one attached hydrogen (secondary N) is 2. The maximum Gasteiger partial charge on any atom is 0.236 e. The van der Waals surface area contributed by atoms with E-state index in [-0.39, 0.29) is 0 Å². The Bertz CT molecular complexity index is 797. The molecular formula is C14H13ClN4OS. The lowest BCUT2D eigenvalue weighted by Gasteiger charge is -2.16. The third-order valence-corrected chi connectivity index (χ3v) is 4.54. The van der Waals surface area contributed by atoms with E-state index in [1.54, 1.807) is 6.20 Å². The van der Waals surface area contributed by atoms with Crippen molar-refractivity contribution in [3.63, 3.8) is 0 Å². The molecule has 1 aliphatic rings. The fourth-order valence-electron chi connectivity index (χ4n) is 2.41. The van der Waals surface area contributed by atoms with E-state index in [9.17, 15) is 0 Å². The Hall–Kier alpha value is -1.79.